The number of benzene rings is 1. The summed E-state index contributed by atoms with van der Waals surface area (Å²) in [6, 6.07) is 8.25. The van der Waals surface area contributed by atoms with Crippen LogP contribution in [0.1, 0.15) is 58.4 Å². The van der Waals surface area contributed by atoms with Crippen molar-refractivity contribution < 1.29 is 14.3 Å². The van der Waals surface area contributed by atoms with E-state index in [0.717, 1.165) is 54.1 Å². The summed E-state index contributed by atoms with van der Waals surface area (Å²) in [4.78, 5) is 27.9. The van der Waals surface area contributed by atoms with E-state index in [2.05, 4.69) is 36.2 Å². The van der Waals surface area contributed by atoms with Crippen LogP contribution in [-0.4, -0.2) is 31.4 Å². The van der Waals surface area contributed by atoms with Crippen molar-refractivity contribution in [3.8, 4) is 0 Å². The molecule has 5 heteroatoms. The minimum atomic E-state index is -0.367. The van der Waals surface area contributed by atoms with E-state index < -0.39 is 0 Å². The Morgan fingerprint density at radius 2 is 1.82 bits per heavy atom. The van der Waals surface area contributed by atoms with Gasteiger partial charge in [-0.05, 0) is 58.2 Å². The minimum absolute atomic E-state index is 0.126. The van der Waals surface area contributed by atoms with Crippen molar-refractivity contribution in [1.82, 2.24) is 5.32 Å². The van der Waals surface area contributed by atoms with Gasteiger partial charge in [-0.25, -0.2) is 4.79 Å². The molecule has 2 aliphatic rings. The number of ketones is 1. The third-order valence-corrected chi connectivity index (χ3v) is 5.63. The molecule has 0 amide bonds. The Morgan fingerprint density at radius 1 is 1.14 bits per heavy atom. The summed E-state index contributed by atoms with van der Waals surface area (Å²) < 4.78 is 5.34. The zero-order valence-electron chi connectivity index (χ0n) is 17.3. The van der Waals surface area contributed by atoms with Crippen molar-refractivity contribution >= 4 is 17.4 Å². The van der Waals surface area contributed by atoms with Gasteiger partial charge < -0.3 is 15.0 Å². The van der Waals surface area contributed by atoms with Crippen LogP contribution in [0.5, 0.6) is 0 Å². The molecular weight excluding hydrogens is 352 g/mol. The third kappa shape index (κ3) is 3.71. The fourth-order valence-electron chi connectivity index (χ4n) is 4.26. The highest BCUT2D eigenvalue weighted by atomic mass is 16.5. The Balaban J connectivity index is 2.08. The summed E-state index contributed by atoms with van der Waals surface area (Å²) in [6.07, 6.45) is 2.21. The first-order valence-corrected chi connectivity index (χ1v) is 10.3. The second-order valence-electron chi connectivity index (χ2n) is 7.25. The molecule has 0 aromatic heterocycles. The van der Waals surface area contributed by atoms with Crippen LogP contribution >= 0.6 is 0 Å². The second-order valence-corrected chi connectivity index (χ2v) is 7.25. The van der Waals surface area contributed by atoms with Crippen LogP contribution in [0.25, 0.3) is 0 Å². The summed E-state index contributed by atoms with van der Waals surface area (Å²) in [5.74, 6) is -0.593. The van der Waals surface area contributed by atoms with Crippen molar-refractivity contribution in [3.05, 3.63) is 52.4 Å². The Morgan fingerprint density at radius 3 is 2.43 bits per heavy atom. The molecule has 150 valence electrons. The number of Topliss-reactive ketones (excluding diaryl/α,β-unsaturated/α-hetero) is 1. The number of nitrogens with one attached hydrogen (secondary N) is 1. The largest absolute Gasteiger partial charge is 0.463 e. The highest BCUT2D eigenvalue weighted by Crippen LogP contribution is 2.42. The lowest BCUT2D eigenvalue weighted by molar-refractivity contribution is -0.138. The number of nitrogens with zero attached hydrogens (tertiary/aromatic N) is 1. The molecule has 28 heavy (non-hydrogen) atoms. The van der Waals surface area contributed by atoms with Crippen LogP contribution in [0.3, 0.4) is 0 Å². The molecular formula is C23H30N2O3. The van der Waals surface area contributed by atoms with Gasteiger partial charge >= 0.3 is 5.97 Å². The molecule has 0 spiro atoms. The van der Waals surface area contributed by atoms with E-state index in [9.17, 15) is 9.59 Å². The molecule has 1 heterocycles. The van der Waals surface area contributed by atoms with Crippen molar-refractivity contribution in [2.24, 2.45) is 0 Å². The molecule has 1 aliphatic heterocycles. The topological polar surface area (TPSA) is 58.6 Å². The van der Waals surface area contributed by atoms with E-state index in [4.69, 9.17) is 4.74 Å². The number of dihydropyridines is 1. The maximum absolute atomic E-state index is 12.8. The summed E-state index contributed by atoms with van der Waals surface area (Å²) >= 11 is 0. The smallest absolute Gasteiger partial charge is 0.336 e. The van der Waals surface area contributed by atoms with E-state index in [1.54, 1.807) is 6.92 Å². The molecule has 3 rings (SSSR count). The summed E-state index contributed by atoms with van der Waals surface area (Å²) in [7, 11) is 0. The number of hydrogen-bond acceptors (Lipinski definition) is 5. The molecule has 0 saturated heterocycles. The van der Waals surface area contributed by atoms with Crippen LogP contribution in [0.2, 0.25) is 0 Å². The number of allylic oxidation sites excluding steroid dienone is 3. The van der Waals surface area contributed by atoms with Crippen LogP contribution in [-0.2, 0) is 14.3 Å². The molecule has 5 nitrogen and oxygen atoms in total. The highest BCUT2D eigenvalue weighted by molar-refractivity contribution is 6.03. The first kappa shape index (κ1) is 20.2. The van der Waals surface area contributed by atoms with Gasteiger partial charge in [0.25, 0.3) is 0 Å². The van der Waals surface area contributed by atoms with Crippen molar-refractivity contribution in [1.29, 1.82) is 0 Å². The molecule has 1 aliphatic carbocycles. The quantitative estimate of drug-likeness (QED) is 0.752. The second kappa shape index (κ2) is 8.63. The zero-order valence-corrected chi connectivity index (χ0v) is 17.3. The Labute approximate surface area is 167 Å². The van der Waals surface area contributed by atoms with Gasteiger partial charge in [-0.3, -0.25) is 4.79 Å². The monoisotopic (exact) mass is 382 g/mol. The van der Waals surface area contributed by atoms with Crippen LogP contribution < -0.4 is 10.2 Å². The zero-order chi connectivity index (χ0) is 20.3. The van der Waals surface area contributed by atoms with E-state index >= 15 is 0 Å². The van der Waals surface area contributed by atoms with Gasteiger partial charge in [0.05, 0.1) is 12.2 Å². The molecule has 0 fully saturated rings. The lowest BCUT2D eigenvalue weighted by Gasteiger charge is -2.34. The Hall–Kier alpha value is -2.56. The number of hydrogen-bond donors (Lipinski definition) is 1. The molecule has 1 atom stereocenters. The molecule has 0 bridgehead atoms. The van der Waals surface area contributed by atoms with Gasteiger partial charge in [-0.15, -0.1) is 0 Å². The predicted octanol–water partition coefficient (Wildman–Crippen LogP) is 4.06. The van der Waals surface area contributed by atoms with Gasteiger partial charge in [0.1, 0.15) is 0 Å². The normalized spacial score (nSPS) is 19.3. The van der Waals surface area contributed by atoms with Crippen molar-refractivity contribution in [3.63, 3.8) is 0 Å². The molecule has 1 aromatic carbocycles. The van der Waals surface area contributed by atoms with Gasteiger partial charge in [0.2, 0.25) is 0 Å². The van der Waals surface area contributed by atoms with E-state index in [1.165, 1.54) is 0 Å². The Bertz CT molecular complexity index is 817. The van der Waals surface area contributed by atoms with Gasteiger partial charge in [0, 0.05) is 48.1 Å². The van der Waals surface area contributed by atoms with Crippen molar-refractivity contribution in [2.45, 2.75) is 52.9 Å². The maximum atomic E-state index is 12.8. The van der Waals surface area contributed by atoms with Crippen LogP contribution in [0, 0.1) is 0 Å². The van der Waals surface area contributed by atoms with E-state index in [-0.39, 0.29) is 17.7 Å². The molecule has 1 aromatic rings. The lowest BCUT2D eigenvalue weighted by Crippen LogP contribution is -2.34. The maximum Gasteiger partial charge on any atom is 0.336 e. The highest BCUT2D eigenvalue weighted by Gasteiger charge is 2.38. The molecule has 0 saturated carbocycles. The third-order valence-electron chi connectivity index (χ3n) is 5.63. The SMILES string of the molecule is CCOC(=O)C1=C(C)NC2=C(C(=O)CCC2)[C@@H]1c1ccc(N(CC)CC)cc1. The van der Waals surface area contributed by atoms with Crippen LogP contribution in [0.4, 0.5) is 5.69 Å². The predicted molar refractivity (Wildman–Crippen MR) is 111 cm³/mol. The molecule has 0 unspecified atom stereocenters. The number of anilines is 1. The molecule has 0 radical (unpaired) electrons. The number of rotatable bonds is 6. The van der Waals surface area contributed by atoms with Crippen LogP contribution in [0.15, 0.2) is 46.8 Å². The number of carbonyl (C=O) groups is 2. The number of carbonyl (C=O) groups excluding carboxylic acids is 2. The number of ether oxygens (including phenoxy) is 1. The van der Waals surface area contributed by atoms with Gasteiger partial charge in [-0.1, -0.05) is 12.1 Å². The first-order chi connectivity index (χ1) is 13.5. The standard InChI is InChI=1S/C23H30N2O3/c1-5-25(6-2)17-13-11-16(12-14-17)21-20(23(27)28-7-3)15(4)24-18-9-8-10-19(26)22(18)21/h11-14,21,24H,5-10H2,1-4H3/t21-/m1/s1. The lowest BCUT2D eigenvalue weighted by atomic mass is 9.75. The fourth-order valence-corrected chi connectivity index (χ4v) is 4.26. The van der Waals surface area contributed by atoms with E-state index in [0.29, 0.717) is 18.6 Å². The first-order valence-electron chi connectivity index (χ1n) is 10.3. The van der Waals surface area contributed by atoms with Gasteiger partial charge in [0.15, 0.2) is 5.78 Å². The van der Waals surface area contributed by atoms with Crippen molar-refractivity contribution in [2.75, 3.05) is 24.6 Å². The number of esters is 1. The summed E-state index contributed by atoms with van der Waals surface area (Å²) in [6.45, 7) is 10.1. The Kier molecular flexibility index (Phi) is 6.22. The fraction of sp³-hybridized carbons (Fsp3) is 0.478. The minimum Gasteiger partial charge on any atom is -0.463 e. The summed E-state index contributed by atoms with van der Waals surface area (Å²) in [5, 5.41) is 3.32. The van der Waals surface area contributed by atoms with Gasteiger partial charge in [-0.2, -0.15) is 0 Å². The average molecular weight is 383 g/mol. The molecule has 1 N–H and O–H groups in total. The average Bonchev–Trinajstić information content (AvgIpc) is 2.69. The summed E-state index contributed by atoms with van der Waals surface area (Å²) in [5.41, 5.74) is 5.12. The van der Waals surface area contributed by atoms with E-state index in [1.807, 2.05) is 19.1 Å².